The van der Waals surface area contributed by atoms with E-state index in [1.54, 1.807) is 0 Å². The van der Waals surface area contributed by atoms with E-state index in [4.69, 9.17) is 38.9 Å². The summed E-state index contributed by atoms with van der Waals surface area (Å²) in [5, 5.41) is 21.4. The molecule has 0 spiro atoms. The SMILES string of the molecule is Cc1ccc(CN2C[C@@H](N(C)Cc3cccnc3)[C@H]3OCCC[C@H]32)o1.O=C(O)C(F)(F)F.O=C(O)C(F)(F)F.O=C(O)C(F)(F)F. The molecule has 46 heavy (non-hydrogen) atoms. The second-order valence-corrected chi connectivity index (χ2v) is 9.74. The Bertz CT molecular complexity index is 1200. The van der Waals surface area contributed by atoms with Gasteiger partial charge >= 0.3 is 36.4 Å². The van der Waals surface area contributed by atoms with Gasteiger partial charge in [0.05, 0.1) is 18.7 Å². The van der Waals surface area contributed by atoms with Crippen molar-refractivity contribution in [2.75, 3.05) is 20.2 Å². The first kappa shape index (κ1) is 40.1. The monoisotopic (exact) mass is 683 g/mol. The summed E-state index contributed by atoms with van der Waals surface area (Å²) in [6.45, 7) is 5.68. The van der Waals surface area contributed by atoms with Crippen LogP contribution in [-0.4, -0.2) is 105 Å². The molecule has 2 fully saturated rings. The molecule has 0 aromatic carbocycles. The van der Waals surface area contributed by atoms with E-state index < -0.39 is 36.4 Å². The summed E-state index contributed by atoms with van der Waals surface area (Å²) in [5.41, 5.74) is 1.25. The Hall–Kier alpha value is -3.91. The van der Waals surface area contributed by atoms with Gasteiger partial charge in [-0.3, -0.25) is 14.8 Å². The van der Waals surface area contributed by atoms with E-state index in [1.807, 2.05) is 31.5 Å². The van der Waals surface area contributed by atoms with Gasteiger partial charge in [-0.25, -0.2) is 14.4 Å². The molecule has 4 heterocycles. The molecule has 0 radical (unpaired) electrons. The summed E-state index contributed by atoms with van der Waals surface area (Å²) in [7, 11) is 2.20. The maximum absolute atomic E-state index is 10.6. The minimum atomic E-state index is -5.08. The topological polar surface area (TPSA) is 154 Å². The van der Waals surface area contributed by atoms with Gasteiger partial charge in [0.1, 0.15) is 11.5 Å². The number of fused-ring (bicyclic) bond motifs is 1. The largest absolute Gasteiger partial charge is 0.490 e. The van der Waals surface area contributed by atoms with Gasteiger partial charge in [0, 0.05) is 38.1 Å². The lowest BCUT2D eigenvalue weighted by atomic mass is 10.00. The number of aryl methyl sites for hydroxylation is 1. The maximum atomic E-state index is 10.6. The number of aromatic nitrogens is 1. The zero-order valence-electron chi connectivity index (χ0n) is 24.1. The molecule has 2 aromatic heterocycles. The molecule has 3 atom stereocenters. The van der Waals surface area contributed by atoms with Gasteiger partial charge in [-0.1, -0.05) is 6.07 Å². The number of hydrogen-bond acceptors (Lipinski definition) is 8. The standard InChI is InChI=1S/C20H27N3O2.3C2HF3O2/c1-15-7-8-17(25-15)13-23-14-19(20-18(23)6-4-10-24-20)22(2)12-16-5-3-9-21-11-16;3*3-2(4,5)1(6)7/h3,5,7-9,11,18-20H,4,6,10,12-14H2,1-2H3;3*(H,6,7)/t18-,19-,20+;;;/m1.../s1. The van der Waals surface area contributed by atoms with Crippen LogP contribution in [0, 0.1) is 6.92 Å². The van der Waals surface area contributed by atoms with Gasteiger partial charge in [-0.2, -0.15) is 39.5 Å². The summed E-state index contributed by atoms with van der Waals surface area (Å²) in [5.74, 6) is -6.24. The highest BCUT2D eigenvalue weighted by molar-refractivity contribution is 5.73. The first-order valence-electron chi connectivity index (χ1n) is 12.9. The van der Waals surface area contributed by atoms with Gasteiger partial charge in [0.25, 0.3) is 0 Å². The Morgan fingerprint density at radius 2 is 1.46 bits per heavy atom. The molecule has 11 nitrogen and oxygen atoms in total. The van der Waals surface area contributed by atoms with Crippen molar-refractivity contribution in [2.24, 2.45) is 0 Å². The molecule has 3 N–H and O–H groups in total. The van der Waals surface area contributed by atoms with Crippen molar-refractivity contribution >= 4 is 17.9 Å². The lowest BCUT2D eigenvalue weighted by molar-refractivity contribution is -0.193. The maximum Gasteiger partial charge on any atom is 0.490 e. The van der Waals surface area contributed by atoms with Crippen LogP contribution in [0.4, 0.5) is 39.5 Å². The molecule has 260 valence electrons. The lowest BCUT2D eigenvalue weighted by Crippen LogP contribution is -2.46. The average molecular weight is 684 g/mol. The van der Waals surface area contributed by atoms with E-state index in [0.717, 1.165) is 44.2 Å². The number of nitrogens with zero attached hydrogens (tertiary/aromatic N) is 3. The van der Waals surface area contributed by atoms with Crippen LogP contribution in [0.3, 0.4) is 0 Å². The van der Waals surface area contributed by atoms with Crippen molar-refractivity contribution in [2.45, 2.75) is 69.6 Å². The molecule has 0 unspecified atom stereocenters. The zero-order valence-corrected chi connectivity index (χ0v) is 24.1. The number of carboxylic acids is 3. The highest BCUT2D eigenvalue weighted by Gasteiger charge is 2.45. The Morgan fingerprint density at radius 1 is 0.935 bits per heavy atom. The van der Waals surface area contributed by atoms with Crippen LogP contribution in [0.5, 0.6) is 0 Å². The molecule has 2 aliphatic heterocycles. The molecule has 2 saturated heterocycles. The highest BCUT2D eigenvalue weighted by atomic mass is 19.4. The third kappa shape index (κ3) is 14.0. The summed E-state index contributed by atoms with van der Waals surface area (Å²) < 4.78 is 107. The molecule has 2 aromatic rings. The van der Waals surface area contributed by atoms with Crippen molar-refractivity contribution in [3.8, 4) is 0 Å². The molecule has 4 rings (SSSR count). The number of likely N-dealkylation sites (tertiary alicyclic amines) is 1. The van der Waals surface area contributed by atoms with Crippen LogP contribution in [-0.2, 0) is 32.2 Å². The molecule has 2 aliphatic rings. The van der Waals surface area contributed by atoms with E-state index >= 15 is 0 Å². The molecule has 20 heteroatoms. The molecular weight excluding hydrogens is 653 g/mol. The van der Waals surface area contributed by atoms with Crippen LogP contribution in [0.2, 0.25) is 0 Å². The second-order valence-electron chi connectivity index (χ2n) is 9.74. The van der Waals surface area contributed by atoms with Gasteiger partial charge in [-0.15, -0.1) is 0 Å². The van der Waals surface area contributed by atoms with E-state index in [2.05, 4.69) is 34.0 Å². The van der Waals surface area contributed by atoms with Gasteiger partial charge in [0.15, 0.2) is 0 Å². The van der Waals surface area contributed by atoms with E-state index in [1.165, 1.54) is 12.0 Å². The third-order valence-electron chi connectivity index (χ3n) is 6.21. The quantitative estimate of drug-likeness (QED) is 0.375. The zero-order chi connectivity index (χ0) is 35.5. The number of carbonyl (C=O) groups is 3. The highest BCUT2D eigenvalue weighted by Crippen LogP contribution is 2.33. The first-order chi connectivity index (χ1) is 21.0. The van der Waals surface area contributed by atoms with Crippen molar-refractivity contribution in [3.05, 3.63) is 53.7 Å². The predicted octanol–water partition coefficient (Wildman–Crippen LogP) is 4.75. The molecule has 0 amide bonds. The van der Waals surface area contributed by atoms with Crippen molar-refractivity contribution in [3.63, 3.8) is 0 Å². The summed E-state index contributed by atoms with van der Waals surface area (Å²) >= 11 is 0. The number of carboxylic acid groups (broad SMARTS) is 3. The number of hydrogen-bond donors (Lipinski definition) is 3. The second kappa shape index (κ2) is 17.1. The van der Waals surface area contributed by atoms with Crippen LogP contribution in [0.15, 0.2) is 41.1 Å². The fourth-order valence-electron chi connectivity index (χ4n) is 4.26. The van der Waals surface area contributed by atoms with E-state index in [-0.39, 0.29) is 6.10 Å². The number of aliphatic carboxylic acids is 3. The Labute approximate surface area is 255 Å². The van der Waals surface area contributed by atoms with Crippen LogP contribution in [0.1, 0.15) is 29.9 Å². The van der Waals surface area contributed by atoms with Crippen LogP contribution >= 0.6 is 0 Å². The minimum absolute atomic E-state index is 0.284. The summed E-state index contributed by atoms with van der Waals surface area (Å²) in [4.78, 5) is 35.9. The lowest BCUT2D eigenvalue weighted by Gasteiger charge is -2.34. The number of pyridine rings is 1. The number of ether oxygens (including phenoxy) is 1. The predicted molar refractivity (Wildman–Crippen MR) is 137 cm³/mol. The minimum Gasteiger partial charge on any atom is -0.475 e. The number of furan rings is 1. The van der Waals surface area contributed by atoms with Crippen LogP contribution < -0.4 is 0 Å². The van der Waals surface area contributed by atoms with Gasteiger partial charge < -0.3 is 24.5 Å². The number of alkyl halides is 9. The van der Waals surface area contributed by atoms with Crippen molar-refractivity contribution < 1.29 is 78.4 Å². The van der Waals surface area contributed by atoms with E-state index in [0.29, 0.717) is 12.1 Å². The normalized spacial score (nSPS) is 19.8. The van der Waals surface area contributed by atoms with Gasteiger partial charge in [0.2, 0.25) is 0 Å². The molecular formula is C26H30F9N3O8. The number of likely N-dealkylation sites (N-methyl/N-ethyl adjacent to an activating group) is 1. The average Bonchev–Trinajstić information content (AvgIpc) is 3.52. The summed E-state index contributed by atoms with van der Waals surface area (Å²) in [6, 6.07) is 9.18. The van der Waals surface area contributed by atoms with Crippen molar-refractivity contribution in [1.29, 1.82) is 0 Å². The van der Waals surface area contributed by atoms with Crippen LogP contribution in [0.25, 0.3) is 0 Å². The summed E-state index contributed by atoms with van der Waals surface area (Å²) in [6.07, 6.45) is -8.83. The molecule has 0 saturated carbocycles. The van der Waals surface area contributed by atoms with Gasteiger partial charge in [-0.05, 0) is 50.6 Å². The smallest absolute Gasteiger partial charge is 0.475 e. The molecule has 0 bridgehead atoms. The number of rotatable bonds is 5. The van der Waals surface area contributed by atoms with E-state index in [9.17, 15) is 39.5 Å². The number of halogens is 9. The first-order valence-corrected chi connectivity index (χ1v) is 12.9. The molecule has 0 aliphatic carbocycles. The Morgan fingerprint density at radius 3 is 1.87 bits per heavy atom. The fraction of sp³-hybridized carbons (Fsp3) is 0.538. The Balaban J connectivity index is 0.000000413. The third-order valence-corrected chi connectivity index (χ3v) is 6.21. The van der Waals surface area contributed by atoms with Crippen molar-refractivity contribution in [1.82, 2.24) is 14.8 Å². The fourth-order valence-corrected chi connectivity index (χ4v) is 4.26. The Kier molecular flexibility index (Phi) is 14.9.